The zero-order chi connectivity index (χ0) is 21.8. The van der Waals surface area contributed by atoms with E-state index >= 15 is 0 Å². The number of morpholine rings is 1. The number of imidazole rings is 1. The summed E-state index contributed by atoms with van der Waals surface area (Å²) in [4.78, 5) is 29.9. The lowest BCUT2D eigenvalue weighted by atomic mass is 10.0. The lowest BCUT2D eigenvalue weighted by molar-refractivity contribution is 0.0563. The Morgan fingerprint density at radius 3 is 2.60 bits per heavy atom. The van der Waals surface area contributed by atoms with Crippen molar-refractivity contribution in [2.75, 3.05) is 38.7 Å². The number of hydrogen-bond acceptors (Lipinski definition) is 5. The molecule has 162 valence electrons. The van der Waals surface area contributed by atoms with Gasteiger partial charge < -0.3 is 23.9 Å². The number of nitrogens with one attached hydrogen (secondary N) is 2. The molecule has 1 aromatic carbocycles. The Morgan fingerprint density at radius 1 is 1.30 bits per heavy atom. The first kappa shape index (κ1) is 22.6. The summed E-state index contributed by atoms with van der Waals surface area (Å²) in [5.41, 5.74) is 0.945. The van der Waals surface area contributed by atoms with Gasteiger partial charge in [0.2, 0.25) is 0 Å². The zero-order valence-corrected chi connectivity index (χ0v) is 18.9. The van der Waals surface area contributed by atoms with Crippen molar-refractivity contribution in [2.45, 2.75) is 19.4 Å². The van der Waals surface area contributed by atoms with Gasteiger partial charge in [-0.3, -0.25) is 5.32 Å². The largest absolute Gasteiger partial charge is 0.464 e. The Labute approximate surface area is 189 Å². The van der Waals surface area contributed by atoms with Crippen LogP contribution in [0, 0.1) is 4.77 Å². The van der Waals surface area contributed by atoms with Crippen molar-refractivity contribution >= 4 is 53.2 Å². The second kappa shape index (κ2) is 9.82. The first-order valence-electron chi connectivity index (χ1n) is 9.38. The predicted octanol–water partition coefficient (Wildman–Crippen LogP) is 4.50. The van der Waals surface area contributed by atoms with Crippen molar-refractivity contribution in [1.29, 1.82) is 0 Å². The van der Waals surface area contributed by atoms with Gasteiger partial charge in [-0.2, -0.15) is 0 Å². The average Bonchev–Trinajstić information content (AvgIpc) is 3.06. The topological polar surface area (TPSA) is 88.6 Å². The number of rotatable bonds is 5. The maximum atomic E-state index is 12.7. The zero-order valence-electron chi connectivity index (χ0n) is 16.5. The number of H-pyrrole nitrogens is 1. The standard InChI is InChI=1S/C19H22Cl2N4O4S/c1-3-14(11-4-5-12(20)13(21)10-11)25-15(17(26)28-2)16(23-19(25)30)22-18(27)24-6-8-29-9-7-24/h4-5,10,14H,3,6-9H2,1-2H3,(H,22,27)(H,23,30). The van der Waals surface area contributed by atoms with E-state index in [4.69, 9.17) is 44.9 Å². The maximum Gasteiger partial charge on any atom is 0.358 e. The van der Waals surface area contributed by atoms with Crippen LogP contribution < -0.4 is 5.32 Å². The van der Waals surface area contributed by atoms with Crippen molar-refractivity contribution < 1.29 is 19.1 Å². The summed E-state index contributed by atoms with van der Waals surface area (Å²) in [6.45, 7) is 3.80. The highest BCUT2D eigenvalue weighted by atomic mass is 35.5. The van der Waals surface area contributed by atoms with E-state index in [2.05, 4.69) is 10.3 Å². The molecule has 3 rings (SSSR count). The van der Waals surface area contributed by atoms with E-state index in [0.717, 1.165) is 5.56 Å². The van der Waals surface area contributed by atoms with Crippen molar-refractivity contribution in [1.82, 2.24) is 14.5 Å². The highest BCUT2D eigenvalue weighted by molar-refractivity contribution is 7.71. The molecule has 30 heavy (non-hydrogen) atoms. The fraction of sp³-hybridized carbons (Fsp3) is 0.421. The van der Waals surface area contributed by atoms with Gasteiger partial charge in [0.1, 0.15) is 5.82 Å². The lowest BCUT2D eigenvalue weighted by Crippen LogP contribution is -2.43. The number of anilines is 1. The molecule has 2 amide bonds. The quantitative estimate of drug-likeness (QED) is 0.493. The molecule has 1 aliphatic rings. The molecule has 0 spiro atoms. The summed E-state index contributed by atoms with van der Waals surface area (Å²) in [5.74, 6) is -0.444. The number of nitrogens with zero attached hydrogens (tertiary/aromatic N) is 2. The van der Waals surface area contributed by atoms with E-state index in [9.17, 15) is 9.59 Å². The van der Waals surface area contributed by atoms with Crippen molar-refractivity contribution in [2.24, 2.45) is 0 Å². The number of ether oxygens (including phenoxy) is 2. The third-order valence-corrected chi connectivity index (χ3v) is 5.90. The van der Waals surface area contributed by atoms with Crippen LogP contribution in [0.5, 0.6) is 0 Å². The van der Waals surface area contributed by atoms with Gasteiger partial charge in [-0.25, -0.2) is 9.59 Å². The molecule has 0 saturated carbocycles. The van der Waals surface area contributed by atoms with Crippen LogP contribution in [0.1, 0.15) is 35.4 Å². The van der Waals surface area contributed by atoms with E-state index in [-0.39, 0.29) is 28.4 Å². The number of esters is 1. The molecule has 0 bridgehead atoms. The van der Waals surface area contributed by atoms with Crippen molar-refractivity contribution in [3.05, 3.63) is 44.3 Å². The van der Waals surface area contributed by atoms with Crippen LogP contribution in [-0.4, -0.2) is 59.9 Å². The first-order valence-corrected chi connectivity index (χ1v) is 10.5. The smallest absolute Gasteiger partial charge is 0.358 e. The minimum atomic E-state index is -0.627. The minimum absolute atomic E-state index is 0.127. The maximum absolute atomic E-state index is 12.7. The first-order chi connectivity index (χ1) is 14.4. The Balaban J connectivity index is 2.03. The van der Waals surface area contributed by atoms with Gasteiger partial charge in [0.15, 0.2) is 10.5 Å². The van der Waals surface area contributed by atoms with E-state index in [1.165, 1.54) is 7.11 Å². The van der Waals surface area contributed by atoms with Crippen LogP contribution in [0.3, 0.4) is 0 Å². The van der Waals surface area contributed by atoms with Crippen LogP contribution >= 0.6 is 35.4 Å². The fourth-order valence-corrected chi connectivity index (χ4v) is 4.00. The minimum Gasteiger partial charge on any atom is -0.464 e. The van der Waals surface area contributed by atoms with Crippen molar-refractivity contribution in [3.8, 4) is 0 Å². The van der Waals surface area contributed by atoms with Gasteiger partial charge in [-0.05, 0) is 36.3 Å². The van der Waals surface area contributed by atoms with Gasteiger partial charge in [0, 0.05) is 13.1 Å². The molecule has 1 unspecified atom stereocenters. The molecule has 8 nitrogen and oxygen atoms in total. The number of amides is 2. The summed E-state index contributed by atoms with van der Waals surface area (Å²) in [5, 5.41) is 3.58. The number of benzene rings is 1. The van der Waals surface area contributed by atoms with E-state index in [1.807, 2.05) is 13.0 Å². The average molecular weight is 473 g/mol. The predicted molar refractivity (Wildman–Crippen MR) is 117 cm³/mol. The number of carbonyl (C=O) groups is 2. The van der Waals surface area contributed by atoms with Gasteiger partial charge in [0.05, 0.1) is 36.4 Å². The summed E-state index contributed by atoms with van der Waals surface area (Å²) < 4.78 is 12.1. The van der Waals surface area contributed by atoms with Gasteiger partial charge in [0.25, 0.3) is 0 Å². The summed E-state index contributed by atoms with van der Waals surface area (Å²) in [6.07, 6.45) is 0.602. The molecule has 2 aromatic rings. The molecule has 11 heteroatoms. The van der Waals surface area contributed by atoms with Gasteiger partial charge in [-0.1, -0.05) is 36.2 Å². The number of hydrogen-bond donors (Lipinski definition) is 2. The highest BCUT2D eigenvalue weighted by Gasteiger charge is 2.28. The molecule has 1 fully saturated rings. The molecule has 2 N–H and O–H groups in total. The van der Waals surface area contributed by atoms with E-state index < -0.39 is 5.97 Å². The summed E-state index contributed by atoms with van der Waals surface area (Å²) in [7, 11) is 1.27. The molecular weight excluding hydrogens is 451 g/mol. The third kappa shape index (κ3) is 4.64. The van der Waals surface area contributed by atoms with E-state index in [1.54, 1.807) is 21.6 Å². The van der Waals surface area contributed by atoms with Crippen LogP contribution in [0.25, 0.3) is 0 Å². The molecule has 2 heterocycles. The number of methoxy groups -OCH3 is 1. The molecule has 1 aliphatic heterocycles. The number of aromatic amines is 1. The highest BCUT2D eigenvalue weighted by Crippen LogP contribution is 2.32. The molecule has 1 saturated heterocycles. The van der Waals surface area contributed by atoms with Crippen LogP contribution in [-0.2, 0) is 9.47 Å². The number of halogens is 2. The number of urea groups is 1. The van der Waals surface area contributed by atoms with Gasteiger partial charge in [-0.15, -0.1) is 0 Å². The SMILES string of the molecule is CCC(c1ccc(Cl)c(Cl)c1)n1c(C(=O)OC)c(NC(=O)N2CCOCC2)[nH]c1=S. The van der Waals surface area contributed by atoms with Crippen LogP contribution in [0.4, 0.5) is 10.6 Å². The second-order valence-electron chi connectivity index (χ2n) is 6.64. The monoisotopic (exact) mass is 472 g/mol. The van der Waals surface area contributed by atoms with Crippen LogP contribution in [0.2, 0.25) is 10.0 Å². The molecule has 1 atom stereocenters. The van der Waals surface area contributed by atoms with Crippen LogP contribution in [0.15, 0.2) is 18.2 Å². The Kier molecular flexibility index (Phi) is 7.41. The molecule has 1 aromatic heterocycles. The summed E-state index contributed by atoms with van der Waals surface area (Å²) in [6, 6.07) is 4.57. The lowest BCUT2D eigenvalue weighted by Gasteiger charge is -2.26. The second-order valence-corrected chi connectivity index (χ2v) is 7.84. The number of aromatic nitrogens is 2. The third-order valence-electron chi connectivity index (χ3n) is 4.86. The number of carbonyl (C=O) groups excluding carboxylic acids is 2. The molecule has 0 radical (unpaired) electrons. The van der Waals surface area contributed by atoms with Gasteiger partial charge >= 0.3 is 12.0 Å². The fourth-order valence-electron chi connectivity index (χ4n) is 3.37. The molecule has 0 aliphatic carbocycles. The summed E-state index contributed by atoms with van der Waals surface area (Å²) >= 11 is 17.7. The normalized spacial score (nSPS) is 15.0. The Morgan fingerprint density at radius 2 is 2.00 bits per heavy atom. The Bertz CT molecular complexity index is 1000. The van der Waals surface area contributed by atoms with E-state index in [0.29, 0.717) is 42.8 Å². The Hall–Kier alpha value is -2.07. The molecular formula is C19H22Cl2N4O4S. The van der Waals surface area contributed by atoms with Crippen molar-refractivity contribution in [3.63, 3.8) is 0 Å².